The van der Waals surface area contributed by atoms with Crippen LogP contribution < -0.4 is 4.74 Å². The Bertz CT molecular complexity index is 589. The van der Waals surface area contributed by atoms with Crippen molar-refractivity contribution in [3.05, 3.63) is 29.3 Å². The minimum atomic E-state index is -0.904. The van der Waals surface area contributed by atoms with Gasteiger partial charge in [0.1, 0.15) is 5.75 Å². The van der Waals surface area contributed by atoms with Gasteiger partial charge in [0.25, 0.3) is 0 Å². The zero-order chi connectivity index (χ0) is 16.5. The number of aliphatic carboxylic acids is 1. The molecule has 0 heterocycles. The number of ketones is 1. The van der Waals surface area contributed by atoms with Crippen LogP contribution in [-0.4, -0.2) is 24.0 Å². The van der Waals surface area contributed by atoms with Crippen molar-refractivity contribution in [1.82, 2.24) is 0 Å². The Kier molecular flexibility index (Phi) is 4.59. The predicted octanol–water partition coefficient (Wildman–Crippen LogP) is 3.58. The highest BCUT2D eigenvalue weighted by molar-refractivity contribution is 6.00. The molecule has 0 bridgehead atoms. The normalized spacial score (nSPS) is 19.5. The van der Waals surface area contributed by atoms with E-state index in [-0.39, 0.29) is 17.6 Å². The molecule has 2 atom stereocenters. The molecule has 0 spiro atoms. The van der Waals surface area contributed by atoms with Gasteiger partial charge in [0.15, 0.2) is 5.78 Å². The molecule has 1 aromatic rings. The summed E-state index contributed by atoms with van der Waals surface area (Å²) < 4.78 is 5.21. The minimum absolute atomic E-state index is 0.0741. The van der Waals surface area contributed by atoms with Crippen molar-refractivity contribution in [2.24, 2.45) is 17.3 Å². The second kappa shape index (κ2) is 6.11. The van der Waals surface area contributed by atoms with Gasteiger partial charge in [0.2, 0.25) is 0 Å². The molecule has 1 aromatic carbocycles. The van der Waals surface area contributed by atoms with Gasteiger partial charge in [-0.05, 0) is 56.4 Å². The lowest BCUT2D eigenvalue weighted by Gasteiger charge is -2.37. The first kappa shape index (κ1) is 16.5. The molecule has 0 saturated carbocycles. The van der Waals surface area contributed by atoms with Crippen molar-refractivity contribution in [2.75, 3.05) is 7.11 Å². The largest absolute Gasteiger partial charge is 0.497 e. The molecule has 0 aromatic heterocycles. The van der Waals surface area contributed by atoms with Crippen LogP contribution >= 0.6 is 0 Å². The molecular formula is C18H24O4. The monoisotopic (exact) mass is 304 g/mol. The summed E-state index contributed by atoms with van der Waals surface area (Å²) >= 11 is 0. The lowest BCUT2D eigenvalue weighted by molar-refractivity contribution is -0.151. The number of carbonyl (C=O) groups is 2. The third-order valence-electron chi connectivity index (χ3n) is 5.04. The average Bonchev–Trinajstić information content (AvgIpc) is 2.49. The van der Waals surface area contributed by atoms with Crippen LogP contribution in [0.2, 0.25) is 0 Å². The minimum Gasteiger partial charge on any atom is -0.497 e. The fraction of sp³-hybridized carbons (Fsp3) is 0.556. The highest BCUT2D eigenvalue weighted by Crippen LogP contribution is 2.42. The number of carboxylic acids is 1. The van der Waals surface area contributed by atoms with Crippen molar-refractivity contribution in [1.29, 1.82) is 0 Å². The molecule has 0 saturated heterocycles. The number of rotatable bonds is 5. The molecule has 2 rings (SSSR count). The third kappa shape index (κ3) is 2.74. The number of hydrogen-bond acceptors (Lipinski definition) is 3. The Hall–Kier alpha value is -1.84. The molecule has 0 radical (unpaired) electrons. The highest BCUT2D eigenvalue weighted by Gasteiger charge is 2.44. The zero-order valence-corrected chi connectivity index (χ0v) is 13.7. The van der Waals surface area contributed by atoms with E-state index in [0.29, 0.717) is 12.8 Å². The Morgan fingerprint density at radius 3 is 2.68 bits per heavy atom. The number of methoxy groups -OCH3 is 1. The smallest absolute Gasteiger partial charge is 0.309 e. The number of carbonyl (C=O) groups excluding carboxylic acids is 1. The zero-order valence-electron chi connectivity index (χ0n) is 13.7. The van der Waals surface area contributed by atoms with Gasteiger partial charge in [-0.1, -0.05) is 13.3 Å². The molecule has 0 fully saturated rings. The molecule has 4 heteroatoms. The number of carboxylic acid groups (broad SMARTS) is 1. The van der Waals surface area contributed by atoms with Gasteiger partial charge < -0.3 is 9.84 Å². The van der Waals surface area contributed by atoms with Gasteiger partial charge in [-0.3, -0.25) is 9.59 Å². The van der Waals surface area contributed by atoms with Gasteiger partial charge >= 0.3 is 5.97 Å². The number of Topliss-reactive ketones (excluding diaryl/α,β-unsaturated/α-hetero) is 1. The summed E-state index contributed by atoms with van der Waals surface area (Å²) in [6.07, 6.45) is 2.17. The molecule has 1 aliphatic rings. The van der Waals surface area contributed by atoms with E-state index in [2.05, 4.69) is 0 Å². The first-order chi connectivity index (χ1) is 10.3. The number of ether oxygens (including phenoxy) is 1. The van der Waals surface area contributed by atoms with Crippen LogP contribution in [0.5, 0.6) is 5.75 Å². The van der Waals surface area contributed by atoms with Crippen LogP contribution in [0.4, 0.5) is 0 Å². The van der Waals surface area contributed by atoms with Gasteiger partial charge in [0.05, 0.1) is 12.5 Å². The molecule has 4 nitrogen and oxygen atoms in total. The highest BCUT2D eigenvalue weighted by atomic mass is 16.5. The molecule has 1 aliphatic carbocycles. The van der Waals surface area contributed by atoms with E-state index in [0.717, 1.165) is 23.3 Å². The first-order valence-electron chi connectivity index (χ1n) is 7.77. The van der Waals surface area contributed by atoms with Crippen LogP contribution in [-0.2, 0) is 11.2 Å². The van der Waals surface area contributed by atoms with E-state index < -0.39 is 11.4 Å². The lowest BCUT2D eigenvalue weighted by Crippen LogP contribution is -2.41. The van der Waals surface area contributed by atoms with Crippen LogP contribution in [0.25, 0.3) is 0 Å². The van der Waals surface area contributed by atoms with E-state index in [9.17, 15) is 14.7 Å². The first-order valence-corrected chi connectivity index (χ1v) is 7.77. The van der Waals surface area contributed by atoms with E-state index in [1.165, 1.54) is 0 Å². The molecule has 0 aliphatic heterocycles. The SMILES string of the molecule is CCC(C1CCc2cc(OC)ccc2C1=O)C(C)(C)C(=O)O. The fourth-order valence-corrected chi connectivity index (χ4v) is 3.63. The second-order valence-corrected chi connectivity index (χ2v) is 6.57. The summed E-state index contributed by atoms with van der Waals surface area (Å²) in [7, 11) is 1.61. The maximum atomic E-state index is 12.9. The molecule has 120 valence electrons. The van der Waals surface area contributed by atoms with E-state index in [1.807, 2.05) is 19.1 Å². The quantitative estimate of drug-likeness (QED) is 0.903. The Morgan fingerprint density at radius 1 is 1.45 bits per heavy atom. The molecular weight excluding hydrogens is 280 g/mol. The van der Waals surface area contributed by atoms with Crippen molar-refractivity contribution in [3.8, 4) is 5.75 Å². The van der Waals surface area contributed by atoms with Crippen LogP contribution in [0.1, 0.15) is 49.5 Å². The van der Waals surface area contributed by atoms with Crippen molar-refractivity contribution < 1.29 is 19.4 Å². The van der Waals surface area contributed by atoms with Gasteiger partial charge in [0, 0.05) is 11.5 Å². The molecule has 2 unspecified atom stereocenters. The van der Waals surface area contributed by atoms with Gasteiger partial charge in [-0.25, -0.2) is 0 Å². The molecule has 1 N–H and O–H groups in total. The van der Waals surface area contributed by atoms with Crippen molar-refractivity contribution in [3.63, 3.8) is 0 Å². The maximum absolute atomic E-state index is 12.9. The summed E-state index contributed by atoms with van der Waals surface area (Å²) in [5.41, 5.74) is 0.819. The predicted molar refractivity (Wildman–Crippen MR) is 84.3 cm³/mol. The van der Waals surface area contributed by atoms with Crippen LogP contribution in [0.15, 0.2) is 18.2 Å². The van der Waals surface area contributed by atoms with Gasteiger partial charge in [-0.2, -0.15) is 0 Å². The Morgan fingerprint density at radius 2 is 2.14 bits per heavy atom. The third-order valence-corrected chi connectivity index (χ3v) is 5.04. The maximum Gasteiger partial charge on any atom is 0.309 e. The molecule has 0 amide bonds. The number of benzene rings is 1. The van der Waals surface area contributed by atoms with Crippen molar-refractivity contribution >= 4 is 11.8 Å². The van der Waals surface area contributed by atoms with E-state index in [1.54, 1.807) is 27.0 Å². The van der Waals surface area contributed by atoms with Gasteiger partial charge in [-0.15, -0.1) is 0 Å². The second-order valence-electron chi connectivity index (χ2n) is 6.57. The number of fused-ring (bicyclic) bond motifs is 1. The summed E-state index contributed by atoms with van der Waals surface area (Å²) in [5.74, 6) is -0.398. The van der Waals surface area contributed by atoms with Crippen LogP contribution in [0, 0.1) is 17.3 Å². The topological polar surface area (TPSA) is 63.6 Å². The van der Waals surface area contributed by atoms with Crippen molar-refractivity contribution in [2.45, 2.75) is 40.0 Å². The standard InChI is InChI=1S/C18H24O4/c1-5-15(18(2,3)17(20)21)14-8-6-11-10-12(22-4)7-9-13(11)16(14)19/h7,9-10,14-15H,5-6,8H2,1-4H3,(H,20,21). The Labute approximate surface area is 131 Å². The fourth-order valence-electron chi connectivity index (χ4n) is 3.63. The summed E-state index contributed by atoms with van der Waals surface area (Å²) in [6, 6.07) is 5.51. The summed E-state index contributed by atoms with van der Waals surface area (Å²) in [5, 5.41) is 9.50. The number of hydrogen-bond donors (Lipinski definition) is 1. The van der Waals surface area contributed by atoms with Crippen LogP contribution in [0.3, 0.4) is 0 Å². The average molecular weight is 304 g/mol. The van der Waals surface area contributed by atoms with E-state index >= 15 is 0 Å². The number of aryl methyl sites for hydroxylation is 1. The summed E-state index contributed by atoms with van der Waals surface area (Å²) in [6.45, 7) is 5.41. The Balaban J connectivity index is 2.35. The molecule has 22 heavy (non-hydrogen) atoms. The summed E-state index contributed by atoms with van der Waals surface area (Å²) in [4.78, 5) is 24.4. The lowest BCUT2D eigenvalue weighted by atomic mass is 9.65. The van der Waals surface area contributed by atoms with E-state index in [4.69, 9.17) is 4.74 Å².